The molecular formula is C14H19NOS. The third kappa shape index (κ3) is 3.05. The quantitative estimate of drug-likeness (QED) is 0.842. The predicted octanol–water partition coefficient (Wildman–Crippen LogP) is 3.84. The van der Waals surface area contributed by atoms with Gasteiger partial charge in [0.1, 0.15) is 11.3 Å². The first kappa shape index (κ1) is 12.5. The molecule has 1 atom stereocenters. The SMILES string of the molecule is CCNC(CCSC)c1cc2ccccc2o1. The maximum absolute atomic E-state index is 5.91. The summed E-state index contributed by atoms with van der Waals surface area (Å²) < 4.78 is 5.91. The Morgan fingerprint density at radius 3 is 2.88 bits per heavy atom. The van der Waals surface area contributed by atoms with E-state index in [9.17, 15) is 0 Å². The summed E-state index contributed by atoms with van der Waals surface area (Å²) in [6.45, 7) is 3.10. The zero-order valence-corrected chi connectivity index (χ0v) is 11.2. The molecule has 0 saturated heterocycles. The van der Waals surface area contributed by atoms with E-state index in [1.807, 2.05) is 30.0 Å². The topological polar surface area (TPSA) is 25.2 Å². The molecule has 0 aliphatic rings. The molecule has 2 rings (SSSR count). The molecule has 1 unspecified atom stereocenters. The van der Waals surface area contributed by atoms with E-state index < -0.39 is 0 Å². The monoisotopic (exact) mass is 249 g/mol. The minimum atomic E-state index is 0.333. The summed E-state index contributed by atoms with van der Waals surface area (Å²) in [5.74, 6) is 2.21. The zero-order valence-electron chi connectivity index (χ0n) is 10.4. The molecule has 0 saturated carbocycles. The van der Waals surface area contributed by atoms with E-state index in [0.29, 0.717) is 6.04 Å². The van der Waals surface area contributed by atoms with Crippen LogP contribution in [-0.4, -0.2) is 18.6 Å². The molecule has 3 heteroatoms. The van der Waals surface area contributed by atoms with E-state index in [-0.39, 0.29) is 0 Å². The molecule has 0 aliphatic carbocycles. The zero-order chi connectivity index (χ0) is 12.1. The fourth-order valence-corrected chi connectivity index (χ4v) is 2.47. The fraction of sp³-hybridized carbons (Fsp3) is 0.429. The van der Waals surface area contributed by atoms with Crippen molar-refractivity contribution in [2.45, 2.75) is 19.4 Å². The predicted molar refractivity (Wildman–Crippen MR) is 75.6 cm³/mol. The van der Waals surface area contributed by atoms with Crippen LogP contribution in [0.2, 0.25) is 0 Å². The number of nitrogens with one attached hydrogen (secondary N) is 1. The van der Waals surface area contributed by atoms with Gasteiger partial charge in [0, 0.05) is 5.39 Å². The van der Waals surface area contributed by atoms with Crippen LogP contribution >= 0.6 is 11.8 Å². The Hall–Kier alpha value is -0.930. The first-order valence-electron chi connectivity index (χ1n) is 6.06. The van der Waals surface area contributed by atoms with Crippen LogP contribution in [0.15, 0.2) is 34.7 Å². The number of benzene rings is 1. The summed E-state index contributed by atoms with van der Waals surface area (Å²) in [7, 11) is 0. The van der Waals surface area contributed by atoms with Gasteiger partial charge in [0.15, 0.2) is 0 Å². The molecule has 0 aliphatic heterocycles. The molecule has 2 nitrogen and oxygen atoms in total. The van der Waals surface area contributed by atoms with Gasteiger partial charge >= 0.3 is 0 Å². The molecule has 1 aromatic carbocycles. The van der Waals surface area contributed by atoms with E-state index in [1.54, 1.807) is 0 Å². The third-order valence-electron chi connectivity index (χ3n) is 2.85. The van der Waals surface area contributed by atoms with Gasteiger partial charge in [-0.15, -0.1) is 0 Å². The normalized spacial score (nSPS) is 13.1. The Morgan fingerprint density at radius 1 is 1.35 bits per heavy atom. The minimum absolute atomic E-state index is 0.333. The number of rotatable bonds is 6. The lowest BCUT2D eigenvalue weighted by Crippen LogP contribution is -2.20. The number of thioether (sulfide) groups is 1. The average Bonchev–Trinajstić information content (AvgIpc) is 2.78. The van der Waals surface area contributed by atoms with Gasteiger partial charge in [-0.05, 0) is 37.1 Å². The van der Waals surface area contributed by atoms with Gasteiger partial charge in [-0.3, -0.25) is 0 Å². The van der Waals surface area contributed by atoms with Gasteiger partial charge in [-0.1, -0.05) is 25.1 Å². The lowest BCUT2D eigenvalue weighted by atomic mass is 10.1. The van der Waals surface area contributed by atoms with Crippen molar-refractivity contribution in [3.8, 4) is 0 Å². The molecule has 17 heavy (non-hydrogen) atoms. The van der Waals surface area contributed by atoms with Crippen LogP contribution in [-0.2, 0) is 0 Å². The molecular weight excluding hydrogens is 230 g/mol. The van der Waals surface area contributed by atoms with Crippen LogP contribution in [0.3, 0.4) is 0 Å². The molecule has 2 aromatic rings. The van der Waals surface area contributed by atoms with Gasteiger partial charge in [0.2, 0.25) is 0 Å². The molecule has 0 bridgehead atoms. The van der Waals surface area contributed by atoms with Gasteiger partial charge in [0.25, 0.3) is 0 Å². The van der Waals surface area contributed by atoms with E-state index >= 15 is 0 Å². The van der Waals surface area contributed by atoms with Crippen molar-refractivity contribution in [1.82, 2.24) is 5.32 Å². The highest BCUT2D eigenvalue weighted by atomic mass is 32.2. The first-order valence-corrected chi connectivity index (χ1v) is 7.45. The Labute approximate surface area is 107 Å². The second-order valence-electron chi connectivity index (χ2n) is 4.08. The third-order valence-corrected chi connectivity index (χ3v) is 3.49. The maximum atomic E-state index is 5.91. The highest BCUT2D eigenvalue weighted by molar-refractivity contribution is 7.98. The second kappa shape index (κ2) is 6.12. The largest absolute Gasteiger partial charge is 0.459 e. The van der Waals surface area contributed by atoms with Gasteiger partial charge in [0.05, 0.1) is 6.04 Å². The van der Waals surface area contributed by atoms with Gasteiger partial charge in [-0.2, -0.15) is 11.8 Å². The van der Waals surface area contributed by atoms with E-state index in [4.69, 9.17) is 4.42 Å². The Balaban J connectivity index is 2.21. The van der Waals surface area contributed by atoms with Crippen molar-refractivity contribution in [2.75, 3.05) is 18.6 Å². The fourth-order valence-electron chi connectivity index (χ4n) is 2.00. The Morgan fingerprint density at radius 2 is 2.18 bits per heavy atom. The molecule has 0 fully saturated rings. The van der Waals surface area contributed by atoms with E-state index in [2.05, 4.69) is 30.6 Å². The van der Waals surface area contributed by atoms with Gasteiger partial charge in [-0.25, -0.2) is 0 Å². The molecule has 92 valence electrons. The van der Waals surface area contributed by atoms with E-state index in [1.165, 1.54) is 5.39 Å². The Bertz CT molecular complexity index is 433. The first-order chi connectivity index (χ1) is 8.35. The van der Waals surface area contributed by atoms with Crippen LogP contribution in [0.1, 0.15) is 25.1 Å². The smallest absolute Gasteiger partial charge is 0.134 e. The van der Waals surface area contributed by atoms with E-state index in [0.717, 1.165) is 30.1 Å². The van der Waals surface area contributed by atoms with Crippen molar-refractivity contribution in [3.63, 3.8) is 0 Å². The lowest BCUT2D eigenvalue weighted by Gasteiger charge is -2.14. The van der Waals surface area contributed by atoms with Crippen LogP contribution in [0.25, 0.3) is 11.0 Å². The summed E-state index contributed by atoms with van der Waals surface area (Å²) >= 11 is 1.88. The number of furan rings is 1. The van der Waals surface area contributed by atoms with Crippen LogP contribution in [0.5, 0.6) is 0 Å². The molecule has 1 heterocycles. The maximum Gasteiger partial charge on any atom is 0.134 e. The molecule has 1 aromatic heterocycles. The second-order valence-corrected chi connectivity index (χ2v) is 5.06. The average molecular weight is 249 g/mol. The highest BCUT2D eigenvalue weighted by Gasteiger charge is 2.14. The number of hydrogen-bond acceptors (Lipinski definition) is 3. The summed E-state index contributed by atoms with van der Waals surface area (Å²) in [4.78, 5) is 0. The molecule has 0 spiro atoms. The number of hydrogen-bond donors (Lipinski definition) is 1. The van der Waals surface area contributed by atoms with Crippen molar-refractivity contribution in [1.29, 1.82) is 0 Å². The summed E-state index contributed by atoms with van der Waals surface area (Å²) in [5, 5.41) is 4.68. The highest BCUT2D eigenvalue weighted by Crippen LogP contribution is 2.26. The Kier molecular flexibility index (Phi) is 4.51. The molecule has 0 amide bonds. The van der Waals surface area contributed by atoms with Crippen LogP contribution in [0.4, 0.5) is 0 Å². The summed E-state index contributed by atoms with van der Waals surface area (Å²) in [6.07, 6.45) is 3.25. The van der Waals surface area contributed by atoms with Crippen molar-refractivity contribution < 1.29 is 4.42 Å². The van der Waals surface area contributed by atoms with Crippen molar-refractivity contribution in [3.05, 3.63) is 36.1 Å². The molecule has 1 N–H and O–H groups in total. The van der Waals surface area contributed by atoms with Crippen molar-refractivity contribution in [2.24, 2.45) is 0 Å². The summed E-state index contributed by atoms with van der Waals surface area (Å²) in [5.41, 5.74) is 0.981. The lowest BCUT2D eigenvalue weighted by molar-refractivity contribution is 0.430. The standard InChI is InChI=1S/C14H19NOS/c1-3-15-12(8-9-17-2)14-10-11-6-4-5-7-13(11)16-14/h4-7,10,12,15H,3,8-9H2,1-2H3. The number of fused-ring (bicyclic) bond motifs is 1. The van der Waals surface area contributed by atoms with Crippen LogP contribution < -0.4 is 5.32 Å². The minimum Gasteiger partial charge on any atom is -0.459 e. The summed E-state index contributed by atoms with van der Waals surface area (Å²) in [6, 6.07) is 10.7. The van der Waals surface area contributed by atoms with Crippen molar-refractivity contribution >= 4 is 22.7 Å². The number of para-hydroxylation sites is 1. The van der Waals surface area contributed by atoms with Crippen LogP contribution in [0, 0.1) is 0 Å². The van der Waals surface area contributed by atoms with Gasteiger partial charge < -0.3 is 9.73 Å². The molecule has 0 radical (unpaired) electrons.